The molecule has 0 saturated carbocycles. The number of carbonyl (C=O) groups excluding carboxylic acids is 1. The number of hydrogen-bond acceptors (Lipinski definition) is 3. The summed E-state index contributed by atoms with van der Waals surface area (Å²) in [6, 6.07) is 8.42. The van der Waals surface area contributed by atoms with Gasteiger partial charge in [0.05, 0.1) is 0 Å². The maximum Gasteiger partial charge on any atom is 0.159 e. The number of nitrogens with zero attached hydrogens (tertiary/aromatic N) is 1. The van der Waals surface area contributed by atoms with Crippen LogP contribution in [0.4, 0.5) is 5.69 Å². The summed E-state index contributed by atoms with van der Waals surface area (Å²) in [4.78, 5) is 13.4. The Bertz CT molecular complexity index is 366. The lowest BCUT2D eigenvalue weighted by atomic mass is 10.1. The van der Waals surface area contributed by atoms with Crippen molar-refractivity contribution in [3.8, 4) is 0 Å². The molecule has 86 valence electrons. The average molecular weight is 218 g/mol. The van der Waals surface area contributed by atoms with Gasteiger partial charge in [-0.15, -0.1) is 0 Å². The largest absolute Gasteiger partial charge is 0.370 e. The molecule has 1 aromatic rings. The summed E-state index contributed by atoms with van der Waals surface area (Å²) in [5.74, 6) is 0.122. The van der Waals surface area contributed by atoms with Crippen LogP contribution in [0.2, 0.25) is 0 Å². The Hall–Kier alpha value is -1.35. The molecule has 1 heterocycles. The lowest BCUT2D eigenvalue weighted by molar-refractivity contribution is 0.101. The van der Waals surface area contributed by atoms with Gasteiger partial charge in [-0.1, -0.05) is 0 Å². The number of hydrogen-bond donors (Lipinski definition) is 1. The monoisotopic (exact) mass is 218 g/mol. The van der Waals surface area contributed by atoms with Crippen LogP contribution in [-0.4, -0.2) is 32.0 Å². The molecule has 0 aliphatic carbocycles. The van der Waals surface area contributed by atoms with E-state index in [1.54, 1.807) is 6.92 Å². The van der Waals surface area contributed by atoms with E-state index in [-0.39, 0.29) is 5.78 Å². The van der Waals surface area contributed by atoms with Gasteiger partial charge < -0.3 is 10.2 Å². The molecular weight excluding hydrogens is 200 g/mol. The maximum atomic E-state index is 11.2. The molecule has 1 aliphatic rings. The van der Waals surface area contributed by atoms with Gasteiger partial charge in [-0.05, 0) is 44.2 Å². The summed E-state index contributed by atoms with van der Waals surface area (Å²) >= 11 is 0. The third-order valence-corrected chi connectivity index (χ3v) is 3.26. The first-order valence-electron chi connectivity index (χ1n) is 5.73. The summed E-state index contributed by atoms with van der Waals surface area (Å²) < 4.78 is 0. The molecule has 1 fully saturated rings. The van der Waals surface area contributed by atoms with Gasteiger partial charge in [-0.25, -0.2) is 0 Å². The molecule has 1 aliphatic heterocycles. The molecule has 3 nitrogen and oxygen atoms in total. The number of nitrogens with one attached hydrogen (secondary N) is 1. The van der Waals surface area contributed by atoms with Gasteiger partial charge in [-0.3, -0.25) is 4.79 Å². The second-order valence-electron chi connectivity index (χ2n) is 4.36. The Balaban J connectivity index is 2.11. The molecule has 1 atom stereocenters. The molecule has 1 N–H and O–H groups in total. The molecule has 0 radical (unpaired) electrons. The van der Waals surface area contributed by atoms with E-state index in [2.05, 4.69) is 17.3 Å². The van der Waals surface area contributed by atoms with Crippen molar-refractivity contribution in [3.05, 3.63) is 29.8 Å². The van der Waals surface area contributed by atoms with Gasteiger partial charge in [0.1, 0.15) is 0 Å². The fraction of sp³-hybridized carbons (Fsp3) is 0.462. The summed E-state index contributed by atoms with van der Waals surface area (Å²) in [5.41, 5.74) is 1.96. The van der Waals surface area contributed by atoms with Crippen LogP contribution < -0.4 is 10.2 Å². The van der Waals surface area contributed by atoms with Crippen LogP contribution in [-0.2, 0) is 0 Å². The lowest BCUT2D eigenvalue weighted by Gasteiger charge is -2.26. The number of likely N-dealkylation sites (N-methyl/N-ethyl adjacent to an activating group) is 1. The Labute approximate surface area is 96.5 Å². The molecule has 2 rings (SSSR count). The zero-order chi connectivity index (χ0) is 11.5. The van der Waals surface area contributed by atoms with E-state index >= 15 is 0 Å². The van der Waals surface area contributed by atoms with E-state index < -0.39 is 0 Å². The quantitative estimate of drug-likeness (QED) is 0.784. The predicted octanol–water partition coefficient (Wildman–Crippen LogP) is 1.69. The minimum Gasteiger partial charge on any atom is -0.370 e. The van der Waals surface area contributed by atoms with Crippen molar-refractivity contribution in [2.45, 2.75) is 19.4 Å². The molecular formula is C13H18N2O. The topological polar surface area (TPSA) is 32.3 Å². The Morgan fingerprint density at radius 1 is 1.38 bits per heavy atom. The predicted molar refractivity (Wildman–Crippen MR) is 66.1 cm³/mol. The minimum atomic E-state index is 0.122. The van der Waals surface area contributed by atoms with Crippen molar-refractivity contribution >= 4 is 11.5 Å². The molecule has 3 heteroatoms. The zero-order valence-electron chi connectivity index (χ0n) is 9.86. The maximum absolute atomic E-state index is 11.2. The number of benzene rings is 1. The average Bonchev–Trinajstić information content (AvgIpc) is 2.81. The number of carbonyl (C=O) groups is 1. The molecule has 16 heavy (non-hydrogen) atoms. The van der Waals surface area contributed by atoms with Crippen molar-refractivity contribution in [3.63, 3.8) is 0 Å². The van der Waals surface area contributed by atoms with Gasteiger partial charge in [0, 0.05) is 30.9 Å². The first-order chi connectivity index (χ1) is 7.68. The van der Waals surface area contributed by atoms with Crippen LogP contribution in [0.1, 0.15) is 23.7 Å². The van der Waals surface area contributed by atoms with E-state index in [1.165, 1.54) is 12.1 Å². The second kappa shape index (κ2) is 4.66. The van der Waals surface area contributed by atoms with Crippen molar-refractivity contribution < 1.29 is 4.79 Å². The Morgan fingerprint density at radius 2 is 2.06 bits per heavy atom. The van der Waals surface area contributed by atoms with E-state index in [0.717, 1.165) is 18.7 Å². The molecule has 1 saturated heterocycles. The Kier molecular flexibility index (Phi) is 3.25. The van der Waals surface area contributed by atoms with Gasteiger partial charge in [0.2, 0.25) is 0 Å². The summed E-state index contributed by atoms with van der Waals surface area (Å²) in [6.45, 7) is 3.74. The van der Waals surface area contributed by atoms with Crippen molar-refractivity contribution in [2.75, 3.05) is 25.0 Å². The van der Waals surface area contributed by atoms with E-state index in [1.807, 2.05) is 24.3 Å². The molecule has 1 aromatic carbocycles. The summed E-state index contributed by atoms with van der Waals surface area (Å²) in [6.07, 6.45) is 1.19. The van der Waals surface area contributed by atoms with Crippen LogP contribution >= 0.6 is 0 Å². The third-order valence-electron chi connectivity index (χ3n) is 3.26. The number of ketones is 1. The van der Waals surface area contributed by atoms with Crippen LogP contribution in [0.25, 0.3) is 0 Å². The fourth-order valence-corrected chi connectivity index (χ4v) is 2.11. The highest BCUT2D eigenvalue weighted by Crippen LogP contribution is 2.19. The number of Topliss-reactive ketones (excluding diaryl/α,β-unsaturated/α-hetero) is 1. The van der Waals surface area contributed by atoms with E-state index in [9.17, 15) is 4.79 Å². The summed E-state index contributed by atoms with van der Waals surface area (Å²) in [5, 5.41) is 3.36. The SMILES string of the molecule is CC(=O)c1ccc(N(C)C2CCNC2)cc1. The summed E-state index contributed by atoms with van der Waals surface area (Å²) in [7, 11) is 2.11. The van der Waals surface area contributed by atoms with Crippen LogP contribution in [0.15, 0.2) is 24.3 Å². The van der Waals surface area contributed by atoms with Crippen LogP contribution in [0.3, 0.4) is 0 Å². The van der Waals surface area contributed by atoms with Gasteiger partial charge in [0.25, 0.3) is 0 Å². The van der Waals surface area contributed by atoms with Gasteiger partial charge in [-0.2, -0.15) is 0 Å². The smallest absolute Gasteiger partial charge is 0.159 e. The lowest BCUT2D eigenvalue weighted by Crippen LogP contribution is -2.33. The highest BCUT2D eigenvalue weighted by Gasteiger charge is 2.19. The highest BCUT2D eigenvalue weighted by atomic mass is 16.1. The third kappa shape index (κ3) is 2.25. The molecule has 1 unspecified atom stereocenters. The Morgan fingerprint density at radius 3 is 2.56 bits per heavy atom. The number of rotatable bonds is 3. The zero-order valence-corrected chi connectivity index (χ0v) is 9.86. The van der Waals surface area contributed by atoms with E-state index in [0.29, 0.717) is 6.04 Å². The van der Waals surface area contributed by atoms with Gasteiger partial charge >= 0.3 is 0 Å². The van der Waals surface area contributed by atoms with E-state index in [4.69, 9.17) is 0 Å². The van der Waals surface area contributed by atoms with Crippen molar-refractivity contribution in [2.24, 2.45) is 0 Å². The van der Waals surface area contributed by atoms with Crippen LogP contribution in [0.5, 0.6) is 0 Å². The molecule has 0 spiro atoms. The molecule has 0 aromatic heterocycles. The first kappa shape index (κ1) is 11.1. The number of anilines is 1. The molecule has 0 bridgehead atoms. The normalized spacial score (nSPS) is 19.8. The van der Waals surface area contributed by atoms with Crippen molar-refractivity contribution in [1.82, 2.24) is 5.32 Å². The minimum absolute atomic E-state index is 0.122. The van der Waals surface area contributed by atoms with Gasteiger partial charge in [0.15, 0.2) is 5.78 Å². The van der Waals surface area contributed by atoms with Crippen molar-refractivity contribution in [1.29, 1.82) is 0 Å². The standard InChI is InChI=1S/C13H18N2O/c1-10(16)11-3-5-12(6-4-11)15(2)13-7-8-14-9-13/h3-6,13-14H,7-9H2,1-2H3. The second-order valence-corrected chi connectivity index (χ2v) is 4.36. The van der Waals surface area contributed by atoms with Crippen LogP contribution in [0, 0.1) is 0 Å². The fourth-order valence-electron chi connectivity index (χ4n) is 2.11. The molecule has 0 amide bonds. The first-order valence-corrected chi connectivity index (χ1v) is 5.73. The highest BCUT2D eigenvalue weighted by molar-refractivity contribution is 5.94.